The summed E-state index contributed by atoms with van der Waals surface area (Å²) in [7, 11) is 0. The van der Waals surface area contributed by atoms with Crippen molar-refractivity contribution in [1.29, 1.82) is 0 Å². The van der Waals surface area contributed by atoms with Gasteiger partial charge in [0.2, 0.25) is 0 Å². The number of carbonyl (C=O) groups excluding carboxylic acids is 4. The minimum Gasteiger partial charge on any atom is -0.459 e. The van der Waals surface area contributed by atoms with Crippen LogP contribution in [0.25, 0.3) is 0 Å². The first-order valence-electron chi connectivity index (χ1n) is 9.89. The smallest absolute Gasteiger partial charge is 0.404 e. The Hall–Kier alpha value is -3.04. The van der Waals surface area contributed by atoms with Gasteiger partial charge < -0.3 is 30.4 Å². The molecule has 31 heavy (non-hydrogen) atoms. The molecule has 176 valence electrons. The van der Waals surface area contributed by atoms with Crippen LogP contribution in [0.15, 0.2) is 25.3 Å². The SMILES string of the molecule is C=CC(=O)OCC(CCC(C)CC(C)(C)CC(COC(=O)C=C)OC(N)=O)OC(N)=O. The number of amides is 2. The van der Waals surface area contributed by atoms with Crippen molar-refractivity contribution in [2.75, 3.05) is 13.2 Å². The van der Waals surface area contributed by atoms with Gasteiger partial charge in [0.05, 0.1) is 0 Å². The van der Waals surface area contributed by atoms with Gasteiger partial charge in [0.15, 0.2) is 0 Å². The van der Waals surface area contributed by atoms with Crippen LogP contribution in [0.4, 0.5) is 9.59 Å². The number of carbonyl (C=O) groups is 4. The highest BCUT2D eigenvalue weighted by Crippen LogP contribution is 2.33. The summed E-state index contributed by atoms with van der Waals surface area (Å²) in [4.78, 5) is 44.8. The van der Waals surface area contributed by atoms with Crippen molar-refractivity contribution in [2.45, 2.75) is 58.7 Å². The molecule has 10 heteroatoms. The van der Waals surface area contributed by atoms with E-state index in [0.717, 1.165) is 18.6 Å². The topological polar surface area (TPSA) is 157 Å². The Morgan fingerprint density at radius 3 is 1.74 bits per heavy atom. The van der Waals surface area contributed by atoms with E-state index in [1.165, 1.54) is 0 Å². The molecule has 0 aromatic rings. The van der Waals surface area contributed by atoms with Crippen molar-refractivity contribution in [3.63, 3.8) is 0 Å². The Bertz CT molecular complexity index is 647. The van der Waals surface area contributed by atoms with Gasteiger partial charge in [0.25, 0.3) is 0 Å². The summed E-state index contributed by atoms with van der Waals surface area (Å²) >= 11 is 0. The first kappa shape index (κ1) is 28.0. The van der Waals surface area contributed by atoms with E-state index < -0.39 is 36.3 Å². The summed E-state index contributed by atoms with van der Waals surface area (Å²) in [6, 6.07) is 0. The lowest BCUT2D eigenvalue weighted by Crippen LogP contribution is -2.33. The molecule has 0 aliphatic heterocycles. The maximum atomic E-state index is 11.3. The number of esters is 2. The van der Waals surface area contributed by atoms with Crippen LogP contribution in [0.1, 0.15) is 46.5 Å². The van der Waals surface area contributed by atoms with E-state index in [9.17, 15) is 19.2 Å². The van der Waals surface area contributed by atoms with E-state index in [0.29, 0.717) is 19.3 Å². The van der Waals surface area contributed by atoms with Gasteiger partial charge in [0.1, 0.15) is 25.4 Å². The third-order valence-electron chi connectivity index (χ3n) is 4.38. The Kier molecular flexibility index (Phi) is 12.7. The summed E-state index contributed by atoms with van der Waals surface area (Å²) in [5.74, 6) is -1.07. The molecular formula is C21H34N2O8. The normalized spacial score (nSPS) is 13.8. The first-order chi connectivity index (χ1) is 14.4. The van der Waals surface area contributed by atoms with E-state index in [4.69, 9.17) is 30.4 Å². The van der Waals surface area contributed by atoms with Crippen LogP contribution >= 0.6 is 0 Å². The van der Waals surface area contributed by atoms with Crippen molar-refractivity contribution in [1.82, 2.24) is 0 Å². The molecule has 0 aliphatic rings. The van der Waals surface area contributed by atoms with E-state index in [1.807, 2.05) is 20.8 Å². The summed E-state index contributed by atoms with van der Waals surface area (Å²) in [5, 5.41) is 0. The molecule has 2 amide bonds. The average molecular weight is 443 g/mol. The van der Waals surface area contributed by atoms with E-state index in [1.54, 1.807) is 0 Å². The van der Waals surface area contributed by atoms with Gasteiger partial charge >= 0.3 is 24.1 Å². The lowest BCUT2D eigenvalue weighted by atomic mass is 9.77. The number of nitrogens with two attached hydrogens (primary N) is 2. The van der Waals surface area contributed by atoms with Crippen LogP contribution in [-0.4, -0.2) is 49.5 Å². The van der Waals surface area contributed by atoms with Gasteiger partial charge in [-0.2, -0.15) is 0 Å². The third kappa shape index (κ3) is 14.6. The molecule has 0 heterocycles. The molecule has 10 nitrogen and oxygen atoms in total. The molecule has 0 rings (SSSR count). The molecule has 0 spiro atoms. The van der Waals surface area contributed by atoms with Gasteiger partial charge in [0, 0.05) is 12.2 Å². The number of hydrogen-bond donors (Lipinski definition) is 2. The quantitative estimate of drug-likeness (QED) is 0.222. The summed E-state index contributed by atoms with van der Waals surface area (Å²) in [6.45, 7) is 12.4. The fourth-order valence-electron chi connectivity index (χ4n) is 3.32. The minimum absolute atomic E-state index is 0.118. The van der Waals surface area contributed by atoms with E-state index in [-0.39, 0.29) is 24.5 Å². The fraction of sp³-hybridized carbons (Fsp3) is 0.619. The molecule has 0 saturated heterocycles. The molecule has 0 fully saturated rings. The predicted octanol–water partition coefficient (Wildman–Crippen LogP) is 2.60. The highest BCUT2D eigenvalue weighted by atomic mass is 16.6. The van der Waals surface area contributed by atoms with Gasteiger partial charge in [-0.25, -0.2) is 19.2 Å². The standard InChI is InChI=1S/C21H34N2O8/c1-6-17(24)28-12-15(30-19(22)26)9-8-14(3)10-21(4,5)11-16(31-20(23)27)13-29-18(25)7-2/h6-7,14-16H,1-2,8-13H2,3-5H3,(H2,22,26)(H2,23,27). The lowest BCUT2D eigenvalue weighted by Gasteiger charge is -2.31. The largest absolute Gasteiger partial charge is 0.459 e. The van der Waals surface area contributed by atoms with Gasteiger partial charge in [-0.3, -0.25) is 0 Å². The van der Waals surface area contributed by atoms with Crippen LogP contribution in [0.2, 0.25) is 0 Å². The summed E-state index contributed by atoms with van der Waals surface area (Å²) in [5.41, 5.74) is 9.90. The molecular weight excluding hydrogens is 408 g/mol. The van der Waals surface area contributed by atoms with Crippen molar-refractivity contribution in [3.05, 3.63) is 25.3 Å². The summed E-state index contributed by atoms with van der Waals surface area (Å²) < 4.78 is 20.0. The molecule has 3 unspecified atom stereocenters. The lowest BCUT2D eigenvalue weighted by molar-refractivity contribution is -0.142. The number of primary amides is 2. The van der Waals surface area contributed by atoms with Crippen LogP contribution < -0.4 is 11.5 Å². The van der Waals surface area contributed by atoms with Crippen molar-refractivity contribution >= 4 is 24.1 Å². The fourth-order valence-corrected chi connectivity index (χ4v) is 3.32. The Labute approximate surface area is 182 Å². The third-order valence-corrected chi connectivity index (χ3v) is 4.38. The van der Waals surface area contributed by atoms with E-state index >= 15 is 0 Å². The molecule has 0 aromatic heterocycles. The zero-order valence-electron chi connectivity index (χ0n) is 18.5. The zero-order chi connectivity index (χ0) is 24.0. The van der Waals surface area contributed by atoms with Gasteiger partial charge in [-0.1, -0.05) is 33.9 Å². The molecule has 0 bridgehead atoms. The molecule has 0 aliphatic carbocycles. The second-order valence-corrected chi connectivity index (χ2v) is 8.04. The van der Waals surface area contributed by atoms with Crippen molar-refractivity contribution < 1.29 is 38.1 Å². The Morgan fingerprint density at radius 2 is 1.29 bits per heavy atom. The highest BCUT2D eigenvalue weighted by molar-refractivity contribution is 5.81. The maximum absolute atomic E-state index is 11.3. The number of hydrogen-bond acceptors (Lipinski definition) is 8. The Balaban J connectivity index is 4.80. The van der Waals surface area contributed by atoms with Crippen LogP contribution in [0, 0.1) is 11.3 Å². The number of rotatable bonds is 15. The molecule has 0 radical (unpaired) electrons. The number of ether oxygens (including phenoxy) is 4. The molecule has 0 aromatic carbocycles. The molecule has 3 atom stereocenters. The van der Waals surface area contributed by atoms with Crippen molar-refractivity contribution in [2.24, 2.45) is 22.8 Å². The average Bonchev–Trinajstić information content (AvgIpc) is 2.65. The van der Waals surface area contributed by atoms with Gasteiger partial charge in [-0.15, -0.1) is 0 Å². The maximum Gasteiger partial charge on any atom is 0.404 e. The molecule has 4 N–H and O–H groups in total. The highest BCUT2D eigenvalue weighted by Gasteiger charge is 2.29. The van der Waals surface area contributed by atoms with Crippen molar-refractivity contribution in [3.8, 4) is 0 Å². The van der Waals surface area contributed by atoms with Gasteiger partial charge in [-0.05, 0) is 37.0 Å². The summed E-state index contributed by atoms with van der Waals surface area (Å²) in [6.07, 6.45) is 0.970. The van der Waals surface area contributed by atoms with Crippen LogP contribution in [0.5, 0.6) is 0 Å². The second kappa shape index (κ2) is 14.1. The predicted molar refractivity (Wildman–Crippen MR) is 113 cm³/mol. The van der Waals surface area contributed by atoms with Crippen LogP contribution in [0.3, 0.4) is 0 Å². The Morgan fingerprint density at radius 1 is 0.839 bits per heavy atom. The monoisotopic (exact) mass is 442 g/mol. The second-order valence-electron chi connectivity index (χ2n) is 8.04. The first-order valence-corrected chi connectivity index (χ1v) is 9.89. The van der Waals surface area contributed by atoms with Crippen LogP contribution in [-0.2, 0) is 28.5 Å². The molecule has 0 saturated carbocycles. The van der Waals surface area contributed by atoms with E-state index in [2.05, 4.69) is 13.2 Å². The zero-order valence-corrected chi connectivity index (χ0v) is 18.5. The minimum atomic E-state index is -0.955.